The monoisotopic (exact) mass is 259 g/mol. The lowest BCUT2D eigenvalue weighted by Crippen LogP contribution is -2.16. The minimum atomic E-state index is -0.960. The fraction of sp³-hybridized carbons (Fsp3) is 0.467. The van der Waals surface area contributed by atoms with Gasteiger partial charge in [0, 0.05) is 11.6 Å². The van der Waals surface area contributed by atoms with E-state index in [9.17, 15) is 9.59 Å². The van der Waals surface area contributed by atoms with E-state index in [1.165, 1.54) is 12.8 Å². The topological polar surface area (TPSA) is 66.4 Å². The van der Waals surface area contributed by atoms with Crippen LogP contribution >= 0.6 is 0 Å². The van der Waals surface area contributed by atoms with Gasteiger partial charge in [0.05, 0.1) is 5.56 Å². The van der Waals surface area contributed by atoms with Crippen LogP contribution in [-0.2, 0) is 4.79 Å². The fourth-order valence-electron chi connectivity index (χ4n) is 2.87. The van der Waals surface area contributed by atoms with Crippen molar-refractivity contribution in [1.82, 2.24) is 0 Å². The lowest BCUT2D eigenvalue weighted by atomic mass is 10.0. The van der Waals surface area contributed by atoms with Gasteiger partial charge in [0.2, 0.25) is 5.91 Å². The van der Waals surface area contributed by atoms with Crippen molar-refractivity contribution in [3.05, 3.63) is 28.8 Å². The summed E-state index contributed by atoms with van der Waals surface area (Å²) in [6.45, 7) is 3.65. The van der Waals surface area contributed by atoms with Crippen LogP contribution in [0.1, 0.15) is 40.7 Å². The Morgan fingerprint density at radius 1 is 1.26 bits per heavy atom. The van der Waals surface area contributed by atoms with Gasteiger partial charge in [-0.1, -0.05) is 6.07 Å². The number of rotatable bonds is 3. The first-order valence-electron chi connectivity index (χ1n) is 6.58. The molecule has 1 atom stereocenters. The summed E-state index contributed by atoms with van der Waals surface area (Å²) in [7, 11) is 0. The number of carbonyl (C=O) groups excluding carboxylic acids is 1. The number of hydrogen-bond donors (Lipinski definition) is 2. The molecule has 2 aliphatic rings. The highest BCUT2D eigenvalue weighted by molar-refractivity contribution is 5.98. The van der Waals surface area contributed by atoms with Crippen molar-refractivity contribution in [2.75, 3.05) is 5.32 Å². The molecular weight excluding hydrogens is 242 g/mol. The normalized spacial score (nSPS) is 22.1. The van der Waals surface area contributed by atoms with Crippen molar-refractivity contribution in [2.24, 2.45) is 11.3 Å². The number of carboxylic acid groups (broad SMARTS) is 1. The van der Waals surface area contributed by atoms with E-state index in [0.29, 0.717) is 16.7 Å². The Morgan fingerprint density at radius 3 is 2.47 bits per heavy atom. The van der Waals surface area contributed by atoms with E-state index in [0.717, 1.165) is 12.0 Å². The third-order valence-electron chi connectivity index (χ3n) is 4.46. The Balaban J connectivity index is 1.82. The molecule has 1 spiro atoms. The maximum Gasteiger partial charge on any atom is 0.336 e. The summed E-state index contributed by atoms with van der Waals surface area (Å²) in [5.74, 6) is -0.777. The predicted octanol–water partition coefficient (Wildman–Crippen LogP) is 2.74. The quantitative estimate of drug-likeness (QED) is 0.877. The summed E-state index contributed by atoms with van der Waals surface area (Å²) in [6, 6.07) is 3.37. The van der Waals surface area contributed by atoms with Crippen LogP contribution in [0.3, 0.4) is 0 Å². The van der Waals surface area contributed by atoms with Gasteiger partial charge < -0.3 is 10.4 Å². The van der Waals surface area contributed by atoms with Crippen LogP contribution in [-0.4, -0.2) is 17.0 Å². The fourth-order valence-corrected chi connectivity index (χ4v) is 2.87. The standard InChI is InChI=1S/C15H17NO3/c1-8-5-9(2)12(6-10(8)14(18)19)16-13(17)11-7-15(11)3-4-15/h5-6,11H,3-4,7H2,1-2H3,(H,16,17)(H,18,19). The molecule has 100 valence electrons. The third-order valence-corrected chi connectivity index (χ3v) is 4.46. The van der Waals surface area contributed by atoms with Crippen LogP contribution in [0, 0.1) is 25.2 Å². The summed E-state index contributed by atoms with van der Waals surface area (Å²) >= 11 is 0. The molecule has 2 saturated carbocycles. The molecule has 0 aromatic heterocycles. The molecule has 1 amide bonds. The van der Waals surface area contributed by atoms with Gasteiger partial charge in [0.1, 0.15) is 0 Å². The molecule has 4 heteroatoms. The molecule has 0 bridgehead atoms. The van der Waals surface area contributed by atoms with E-state index in [2.05, 4.69) is 5.32 Å². The molecule has 0 radical (unpaired) electrons. The lowest BCUT2D eigenvalue weighted by Gasteiger charge is -2.11. The van der Waals surface area contributed by atoms with Gasteiger partial charge in [0.25, 0.3) is 0 Å². The van der Waals surface area contributed by atoms with Crippen molar-refractivity contribution in [1.29, 1.82) is 0 Å². The zero-order chi connectivity index (χ0) is 13.8. The third kappa shape index (κ3) is 2.01. The number of amides is 1. The van der Waals surface area contributed by atoms with E-state index in [4.69, 9.17) is 5.11 Å². The van der Waals surface area contributed by atoms with Gasteiger partial charge in [-0.3, -0.25) is 4.79 Å². The largest absolute Gasteiger partial charge is 0.478 e. The number of hydrogen-bond acceptors (Lipinski definition) is 2. The van der Waals surface area contributed by atoms with Crippen molar-refractivity contribution in [3.63, 3.8) is 0 Å². The minimum Gasteiger partial charge on any atom is -0.478 e. The zero-order valence-electron chi connectivity index (χ0n) is 11.1. The van der Waals surface area contributed by atoms with Crippen molar-refractivity contribution in [3.8, 4) is 0 Å². The van der Waals surface area contributed by atoms with Crippen LogP contribution in [0.2, 0.25) is 0 Å². The van der Waals surface area contributed by atoms with Crippen LogP contribution in [0.25, 0.3) is 0 Å². The molecule has 2 N–H and O–H groups in total. The van der Waals surface area contributed by atoms with Crippen LogP contribution < -0.4 is 5.32 Å². The number of aromatic carboxylic acids is 1. The molecule has 0 aliphatic heterocycles. The molecule has 3 rings (SSSR count). The molecule has 0 heterocycles. The summed E-state index contributed by atoms with van der Waals surface area (Å²) in [5.41, 5.74) is 2.81. The molecule has 2 aliphatic carbocycles. The lowest BCUT2D eigenvalue weighted by molar-refractivity contribution is -0.117. The second kappa shape index (κ2) is 3.83. The van der Waals surface area contributed by atoms with Gasteiger partial charge in [0.15, 0.2) is 0 Å². The SMILES string of the molecule is Cc1cc(C)c(C(=O)O)cc1NC(=O)C1CC12CC2. The highest BCUT2D eigenvalue weighted by Gasteiger charge is 2.65. The maximum absolute atomic E-state index is 12.1. The van der Waals surface area contributed by atoms with E-state index < -0.39 is 5.97 Å². The average Bonchev–Trinajstić information content (AvgIpc) is 3.23. The Hall–Kier alpha value is -1.84. The van der Waals surface area contributed by atoms with Crippen LogP contribution in [0.4, 0.5) is 5.69 Å². The first-order valence-corrected chi connectivity index (χ1v) is 6.58. The summed E-state index contributed by atoms with van der Waals surface area (Å²) in [5, 5.41) is 12.0. The highest BCUT2D eigenvalue weighted by atomic mass is 16.4. The van der Waals surface area contributed by atoms with Crippen molar-refractivity contribution in [2.45, 2.75) is 33.1 Å². The van der Waals surface area contributed by atoms with E-state index in [1.807, 2.05) is 6.92 Å². The predicted molar refractivity (Wildman–Crippen MR) is 71.3 cm³/mol. The molecule has 1 aromatic rings. The first-order chi connectivity index (χ1) is 8.93. The smallest absolute Gasteiger partial charge is 0.336 e. The highest BCUT2D eigenvalue weighted by Crippen LogP contribution is 2.70. The maximum atomic E-state index is 12.1. The number of nitrogens with one attached hydrogen (secondary N) is 1. The van der Waals surface area contributed by atoms with Gasteiger partial charge in [-0.2, -0.15) is 0 Å². The molecule has 19 heavy (non-hydrogen) atoms. The molecule has 1 unspecified atom stereocenters. The molecular formula is C15H17NO3. The summed E-state index contributed by atoms with van der Waals surface area (Å²) in [4.78, 5) is 23.2. The minimum absolute atomic E-state index is 0.0424. The van der Waals surface area contributed by atoms with Gasteiger partial charge >= 0.3 is 5.97 Å². The number of carbonyl (C=O) groups is 2. The van der Waals surface area contributed by atoms with Crippen molar-refractivity contribution >= 4 is 17.6 Å². The van der Waals surface area contributed by atoms with Gasteiger partial charge in [-0.25, -0.2) is 4.79 Å². The van der Waals surface area contributed by atoms with Gasteiger partial charge in [-0.05, 0) is 55.7 Å². The number of aryl methyl sites for hydroxylation is 2. The molecule has 4 nitrogen and oxygen atoms in total. The number of anilines is 1. The van der Waals surface area contributed by atoms with Crippen LogP contribution in [0.15, 0.2) is 12.1 Å². The van der Waals surface area contributed by atoms with Crippen LogP contribution in [0.5, 0.6) is 0 Å². The Labute approximate surface area is 111 Å². The number of carboxylic acids is 1. The molecule has 2 fully saturated rings. The Morgan fingerprint density at radius 2 is 1.95 bits per heavy atom. The molecule has 1 aromatic carbocycles. The van der Waals surface area contributed by atoms with E-state index >= 15 is 0 Å². The Bertz CT molecular complexity index is 587. The molecule has 0 saturated heterocycles. The van der Waals surface area contributed by atoms with Crippen molar-refractivity contribution < 1.29 is 14.7 Å². The number of benzene rings is 1. The second-order valence-electron chi connectivity index (χ2n) is 5.90. The first kappa shape index (κ1) is 12.2. The Kier molecular flexibility index (Phi) is 2.46. The van der Waals surface area contributed by atoms with E-state index in [-0.39, 0.29) is 17.4 Å². The van der Waals surface area contributed by atoms with Gasteiger partial charge in [-0.15, -0.1) is 0 Å². The van der Waals surface area contributed by atoms with E-state index in [1.54, 1.807) is 19.1 Å². The second-order valence-corrected chi connectivity index (χ2v) is 5.90. The zero-order valence-corrected chi connectivity index (χ0v) is 11.1. The summed E-state index contributed by atoms with van der Waals surface area (Å²) < 4.78 is 0. The summed E-state index contributed by atoms with van der Waals surface area (Å²) in [6.07, 6.45) is 3.33. The average molecular weight is 259 g/mol.